The third kappa shape index (κ3) is 4.58. The maximum absolute atomic E-state index is 8.45. The smallest absolute Gasteiger partial charge is 0.226 e. The third-order valence-electron chi connectivity index (χ3n) is 2.35. The highest BCUT2D eigenvalue weighted by atomic mass is 35.5. The number of aryl methyl sites for hydroxylation is 1. The van der Waals surface area contributed by atoms with Crippen LogP contribution < -0.4 is 0 Å². The lowest BCUT2D eigenvalue weighted by Gasteiger charge is -1.98. The van der Waals surface area contributed by atoms with Gasteiger partial charge in [-0.15, -0.1) is 11.8 Å². The molecule has 19 heavy (non-hydrogen) atoms. The molecule has 0 fully saturated rings. The summed E-state index contributed by atoms with van der Waals surface area (Å²) in [4.78, 5) is 5.35. The molecule has 4 nitrogen and oxygen atoms in total. The van der Waals surface area contributed by atoms with E-state index in [1.807, 2.05) is 24.3 Å². The SMILES string of the molecule is N#CCCCc1nc(CSc2cccc(Cl)c2)no1. The van der Waals surface area contributed by atoms with Gasteiger partial charge in [0.1, 0.15) is 0 Å². The molecule has 0 bridgehead atoms. The molecule has 0 saturated heterocycles. The molecule has 0 aliphatic rings. The van der Waals surface area contributed by atoms with Crippen molar-refractivity contribution in [1.29, 1.82) is 5.26 Å². The first-order valence-electron chi connectivity index (χ1n) is 5.84. The Bertz CT molecular complexity index is 579. The Kier molecular flexibility index (Phi) is 5.25. The Balaban J connectivity index is 1.85. The van der Waals surface area contributed by atoms with E-state index in [4.69, 9.17) is 21.4 Å². The van der Waals surface area contributed by atoms with Crippen molar-refractivity contribution in [2.45, 2.75) is 29.9 Å². The van der Waals surface area contributed by atoms with Crippen molar-refractivity contribution in [3.63, 3.8) is 0 Å². The van der Waals surface area contributed by atoms with Crippen LogP contribution in [0.5, 0.6) is 0 Å². The molecule has 1 aromatic carbocycles. The molecule has 0 spiro atoms. The molecule has 1 aromatic heterocycles. The molecule has 0 unspecified atom stereocenters. The van der Waals surface area contributed by atoms with Crippen molar-refractivity contribution in [2.24, 2.45) is 0 Å². The van der Waals surface area contributed by atoms with E-state index in [0.717, 1.165) is 16.3 Å². The Morgan fingerprint density at radius 3 is 3.11 bits per heavy atom. The van der Waals surface area contributed by atoms with Crippen LogP contribution in [0.4, 0.5) is 0 Å². The fraction of sp³-hybridized carbons (Fsp3) is 0.308. The number of hydrogen-bond donors (Lipinski definition) is 0. The van der Waals surface area contributed by atoms with E-state index in [9.17, 15) is 0 Å². The van der Waals surface area contributed by atoms with E-state index >= 15 is 0 Å². The molecule has 2 aromatic rings. The number of rotatable bonds is 6. The maximum atomic E-state index is 8.45. The molecule has 0 atom stereocenters. The van der Waals surface area contributed by atoms with E-state index in [2.05, 4.69) is 16.2 Å². The predicted octanol–water partition coefficient (Wildman–Crippen LogP) is 3.86. The van der Waals surface area contributed by atoms with Gasteiger partial charge in [-0.1, -0.05) is 22.8 Å². The second-order valence-corrected chi connectivity index (χ2v) is 5.35. The molecule has 0 aliphatic carbocycles. The van der Waals surface area contributed by atoms with Gasteiger partial charge in [-0.25, -0.2) is 0 Å². The molecule has 2 rings (SSSR count). The van der Waals surface area contributed by atoms with Crippen molar-refractivity contribution in [1.82, 2.24) is 10.1 Å². The van der Waals surface area contributed by atoms with Crippen molar-refractivity contribution in [3.05, 3.63) is 41.0 Å². The van der Waals surface area contributed by atoms with Crippen LogP contribution in [0.2, 0.25) is 5.02 Å². The van der Waals surface area contributed by atoms with Gasteiger partial charge in [-0.3, -0.25) is 0 Å². The Labute approximate surface area is 120 Å². The normalized spacial score (nSPS) is 10.3. The van der Waals surface area contributed by atoms with Gasteiger partial charge in [0.25, 0.3) is 0 Å². The Morgan fingerprint density at radius 1 is 1.42 bits per heavy atom. The van der Waals surface area contributed by atoms with Crippen LogP contribution in [0.3, 0.4) is 0 Å². The number of nitriles is 1. The van der Waals surface area contributed by atoms with Crippen LogP contribution in [0, 0.1) is 11.3 Å². The number of halogens is 1. The van der Waals surface area contributed by atoms with Gasteiger partial charge in [0.15, 0.2) is 5.82 Å². The molecule has 0 N–H and O–H groups in total. The number of thioether (sulfide) groups is 1. The van der Waals surface area contributed by atoms with Crippen LogP contribution >= 0.6 is 23.4 Å². The average Bonchev–Trinajstić information content (AvgIpc) is 2.85. The molecule has 98 valence electrons. The van der Waals surface area contributed by atoms with Crippen LogP contribution in [0.25, 0.3) is 0 Å². The second kappa shape index (κ2) is 7.17. The largest absolute Gasteiger partial charge is 0.339 e. The zero-order valence-electron chi connectivity index (χ0n) is 10.2. The van der Waals surface area contributed by atoms with Crippen molar-refractivity contribution >= 4 is 23.4 Å². The van der Waals surface area contributed by atoms with E-state index in [-0.39, 0.29) is 0 Å². The minimum absolute atomic E-state index is 0.509. The zero-order chi connectivity index (χ0) is 13.5. The van der Waals surface area contributed by atoms with E-state index in [1.165, 1.54) is 0 Å². The van der Waals surface area contributed by atoms with Crippen LogP contribution in [0.15, 0.2) is 33.7 Å². The summed E-state index contributed by atoms with van der Waals surface area (Å²) in [6.07, 6.45) is 1.91. The average molecular weight is 294 g/mol. The Morgan fingerprint density at radius 2 is 2.32 bits per heavy atom. The maximum Gasteiger partial charge on any atom is 0.226 e. The summed E-state index contributed by atoms with van der Waals surface area (Å²) in [6.45, 7) is 0. The number of aromatic nitrogens is 2. The minimum Gasteiger partial charge on any atom is -0.339 e. The number of nitrogens with zero attached hydrogens (tertiary/aromatic N) is 3. The summed E-state index contributed by atoms with van der Waals surface area (Å²) in [5, 5.41) is 13.1. The van der Waals surface area contributed by atoms with E-state index in [1.54, 1.807) is 11.8 Å². The van der Waals surface area contributed by atoms with Crippen molar-refractivity contribution in [2.75, 3.05) is 0 Å². The monoisotopic (exact) mass is 293 g/mol. The lowest BCUT2D eigenvalue weighted by Crippen LogP contribution is -1.87. The fourth-order valence-corrected chi connectivity index (χ4v) is 2.53. The highest BCUT2D eigenvalue weighted by Gasteiger charge is 2.06. The summed E-state index contributed by atoms with van der Waals surface area (Å²) in [5.41, 5.74) is 0. The number of benzene rings is 1. The highest BCUT2D eigenvalue weighted by Crippen LogP contribution is 2.24. The summed E-state index contributed by atoms with van der Waals surface area (Å²) in [7, 11) is 0. The standard InChI is InChI=1S/C13H12ClN3OS/c14-10-4-3-5-11(8-10)19-9-12-16-13(18-17-12)6-1-2-7-15/h3-5,8H,1-2,6,9H2. The first-order chi connectivity index (χ1) is 9.28. The lowest BCUT2D eigenvalue weighted by molar-refractivity contribution is 0.372. The van der Waals surface area contributed by atoms with Crippen LogP contribution in [-0.4, -0.2) is 10.1 Å². The first-order valence-corrected chi connectivity index (χ1v) is 7.21. The van der Waals surface area contributed by atoms with Crippen LogP contribution in [-0.2, 0) is 12.2 Å². The van der Waals surface area contributed by atoms with Gasteiger partial charge in [0.2, 0.25) is 5.89 Å². The topological polar surface area (TPSA) is 62.7 Å². The molecule has 1 heterocycles. The number of unbranched alkanes of at least 4 members (excludes halogenated alkanes) is 1. The van der Waals surface area contributed by atoms with Crippen molar-refractivity contribution < 1.29 is 4.52 Å². The molecule has 0 saturated carbocycles. The summed E-state index contributed by atoms with van der Waals surface area (Å²) >= 11 is 7.52. The van der Waals surface area contributed by atoms with E-state index in [0.29, 0.717) is 30.3 Å². The van der Waals surface area contributed by atoms with Crippen molar-refractivity contribution in [3.8, 4) is 6.07 Å². The van der Waals surface area contributed by atoms with E-state index < -0.39 is 0 Å². The van der Waals surface area contributed by atoms with Gasteiger partial charge >= 0.3 is 0 Å². The fourth-order valence-electron chi connectivity index (χ4n) is 1.47. The second-order valence-electron chi connectivity index (χ2n) is 3.86. The zero-order valence-corrected chi connectivity index (χ0v) is 11.7. The highest BCUT2D eigenvalue weighted by molar-refractivity contribution is 7.98. The Hall–Kier alpha value is -1.51. The molecule has 0 aliphatic heterocycles. The van der Waals surface area contributed by atoms with Gasteiger partial charge in [0.05, 0.1) is 11.8 Å². The summed E-state index contributed by atoms with van der Waals surface area (Å²) in [5.74, 6) is 1.90. The molecular weight excluding hydrogens is 282 g/mol. The summed E-state index contributed by atoms with van der Waals surface area (Å²) < 4.78 is 5.11. The molecule has 0 amide bonds. The van der Waals surface area contributed by atoms with Gasteiger partial charge < -0.3 is 4.52 Å². The van der Waals surface area contributed by atoms with Gasteiger partial charge in [-0.2, -0.15) is 10.2 Å². The minimum atomic E-state index is 0.509. The molecular formula is C13H12ClN3OS. The predicted molar refractivity (Wildman–Crippen MR) is 73.9 cm³/mol. The molecule has 6 heteroatoms. The lowest BCUT2D eigenvalue weighted by atomic mass is 10.2. The quantitative estimate of drug-likeness (QED) is 0.598. The number of hydrogen-bond acceptors (Lipinski definition) is 5. The van der Waals surface area contributed by atoms with Crippen LogP contribution in [0.1, 0.15) is 24.6 Å². The third-order valence-corrected chi connectivity index (χ3v) is 3.58. The van der Waals surface area contributed by atoms with Gasteiger partial charge in [-0.05, 0) is 24.6 Å². The first kappa shape index (κ1) is 13.9. The molecule has 0 radical (unpaired) electrons. The van der Waals surface area contributed by atoms with Gasteiger partial charge in [0, 0.05) is 22.8 Å². The summed E-state index contributed by atoms with van der Waals surface area (Å²) in [6, 6.07) is 9.74.